The van der Waals surface area contributed by atoms with Gasteiger partial charge in [0.2, 0.25) is 6.10 Å². The van der Waals surface area contributed by atoms with Crippen LogP contribution in [0.3, 0.4) is 0 Å². The Labute approximate surface area is 118 Å². The van der Waals surface area contributed by atoms with Crippen molar-refractivity contribution in [2.24, 2.45) is 0 Å². The highest BCUT2D eigenvalue weighted by Gasteiger charge is 2.29. The van der Waals surface area contributed by atoms with E-state index in [9.17, 15) is 9.59 Å². The van der Waals surface area contributed by atoms with Crippen molar-refractivity contribution in [1.29, 1.82) is 0 Å². The fourth-order valence-electron chi connectivity index (χ4n) is 1.86. The zero-order chi connectivity index (χ0) is 13.9. The Morgan fingerprint density at radius 3 is 3.05 bits per heavy atom. The van der Waals surface area contributed by atoms with Gasteiger partial charge in [0.15, 0.2) is 0 Å². The number of para-hydroxylation sites is 1. The second kappa shape index (κ2) is 5.42. The van der Waals surface area contributed by atoms with E-state index in [1.807, 2.05) is 24.3 Å². The fraction of sp³-hybridized carbons (Fsp3) is 0.214. The number of rotatable bonds is 3. The van der Waals surface area contributed by atoms with Crippen molar-refractivity contribution in [2.45, 2.75) is 12.5 Å². The summed E-state index contributed by atoms with van der Waals surface area (Å²) in [5, 5.41) is 0.720. The molecule has 0 saturated carbocycles. The lowest BCUT2D eigenvalue weighted by Crippen LogP contribution is -2.21. The average molecular weight is 289 g/mol. The van der Waals surface area contributed by atoms with E-state index in [-0.39, 0.29) is 0 Å². The molecule has 1 saturated heterocycles. The number of benzene rings is 1. The summed E-state index contributed by atoms with van der Waals surface area (Å²) in [5.74, 6) is -1.04. The van der Waals surface area contributed by atoms with Gasteiger partial charge in [0.05, 0.1) is 16.8 Å². The summed E-state index contributed by atoms with van der Waals surface area (Å²) in [5.41, 5.74) is 0.893. The van der Waals surface area contributed by atoms with Gasteiger partial charge in [-0.25, -0.2) is 14.6 Å². The van der Waals surface area contributed by atoms with Gasteiger partial charge in [0, 0.05) is 12.5 Å². The smallest absolute Gasteiger partial charge is 0.347 e. The molecular formula is C14H11NO4S. The van der Waals surface area contributed by atoms with Crippen LogP contribution in [0, 0.1) is 0 Å². The highest BCUT2D eigenvalue weighted by Crippen LogP contribution is 2.22. The predicted molar refractivity (Wildman–Crippen MR) is 74.1 cm³/mol. The van der Waals surface area contributed by atoms with Gasteiger partial charge in [0.1, 0.15) is 5.01 Å². The van der Waals surface area contributed by atoms with E-state index in [0.717, 1.165) is 15.2 Å². The summed E-state index contributed by atoms with van der Waals surface area (Å²) in [6.07, 6.45) is 2.51. The molecule has 1 aliphatic rings. The highest BCUT2D eigenvalue weighted by molar-refractivity contribution is 7.19. The van der Waals surface area contributed by atoms with Gasteiger partial charge in [-0.1, -0.05) is 12.1 Å². The van der Waals surface area contributed by atoms with E-state index in [2.05, 4.69) is 4.98 Å². The third-order valence-corrected chi connectivity index (χ3v) is 3.82. The van der Waals surface area contributed by atoms with Crippen LogP contribution >= 0.6 is 11.3 Å². The molecule has 1 aromatic carbocycles. The SMILES string of the molecule is O=C(C=Cc1nc2ccccc2s1)OC1CCOC1=O. The third-order valence-electron chi connectivity index (χ3n) is 2.82. The maximum Gasteiger partial charge on any atom is 0.347 e. The van der Waals surface area contributed by atoms with Crippen LogP contribution in [0.2, 0.25) is 0 Å². The molecule has 0 radical (unpaired) electrons. The van der Waals surface area contributed by atoms with Crippen molar-refractivity contribution in [3.05, 3.63) is 35.3 Å². The van der Waals surface area contributed by atoms with E-state index < -0.39 is 18.0 Å². The molecule has 1 aromatic heterocycles. The van der Waals surface area contributed by atoms with E-state index >= 15 is 0 Å². The van der Waals surface area contributed by atoms with Crippen LogP contribution in [0.25, 0.3) is 16.3 Å². The third kappa shape index (κ3) is 2.70. The molecule has 5 nitrogen and oxygen atoms in total. The largest absolute Gasteiger partial charge is 0.463 e. The second-order valence-electron chi connectivity index (χ2n) is 4.23. The molecule has 20 heavy (non-hydrogen) atoms. The maximum absolute atomic E-state index is 11.6. The van der Waals surface area contributed by atoms with E-state index in [4.69, 9.17) is 9.47 Å². The predicted octanol–water partition coefficient (Wildman–Crippen LogP) is 2.17. The lowest BCUT2D eigenvalue weighted by molar-refractivity contribution is -0.156. The van der Waals surface area contributed by atoms with Crippen LogP contribution in [0.15, 0.2) is 30.3 Å². The minimum absolute atomic E-state index is 0.304. The Kier molecular flexibility index (Phi) is 3.47. The van der Waals surface area contributed by atoms with Gasteiger partial charge in [-0.15, -0.1) is 11.3 Å². The molecule has 2 heterocycles. The molecular weight excluding hydrogens is 278 g/mol. The first-order chi connectivity index (χ1) is 9.72. The number of carbonyl (C=O) groups excluding carboxylic acids is 2. The zero-order valence-electron chi connectivity index (χ0n) is 10.4. The van der Waals surface area contributed by atoms with E-state index in [1.54, 1.807) is 6.08 Å². The summed E-state index contributed by atoms with van der Waals surface area (Å²) in [4.78, 5) is 27.1. The summed E-state index contributed by atoms with van der Waals surface area (Å²) in [7, 11) is 0. The van der Waals surface area contributed by atoms with Gasteiger partial charge in [-0.05, 0) is 18.2 Å². The number of hydrogen-bond acceptors (Lipinski definition) is 6. The van der Waals surface area contributed by atoms with Crippen molar-refractivity contribution in [3.63, 3.8) is 0 Å². The van der Waals surface area contributed by atoms with Gasteiger partial charge < -0.3 is 9.47 Å². The summed E-state index contributed by atoms with van der Waals surface area (Å²) in [6.45, 7) is 0.304. The molecule has 0 bridgehead atoms. The number of nitrogens with zero attached hydrogens (tertiary/aromatic N) is 1. The Morgan fingerprint density at radius 2 is 2.30 bits per heavy atom. The molecule has 0 spiro atoms. The minimum Gasteiger partial charge on any atom is -0.463 e. The van der Waals surface area contributed by atoms with Crippen molar-refractivity contribution >= 4 is 39.6 Å². The molecule has 6 heteroatoms. The van der Waals surface area contributed by atoms with Crippen LogP contribution in [-0.4, -0.2) is 29.6 Å². The van der Waals surface area contributed by atoms with E-state index in [1.165, 1.54) is 17.4 Å². The molecule has 1 unspecified atom stereocenters. The van der Waals surface area contributed by atoms with Crippen LogP contribution in [-0.2, 0) is 19.1 Å². The number of fused-ring (bicyclic) bond motifs is 1. The molecule has 1 aliphatic heterocycles. The quantitative estimate of drug-likeness (QED) is 0.640. The van der Waals surface area contributed by atoms with Gasteiger partial charge in [-0.2, -0.15) is 0 Å². The van der Waals surface area contributed by atoms with Crippen LogP contribution in [0.4, 0.5) is 0 Å². The number of cyclic esters (lactones) is 1. The van der Waals surface area contributed by atoms with Crippen molar-refractivity contribution in [2.75, 3.05) is 6.61 Å². The molecule has 0 N–H and O–H groups in total. The summed E-state index contributed by atoms with van der Waals surface area (Å²) >= 11 is 1.49. The first kappa shape index (κ1) is 12.8. The molecule has 2 aromatic rings. The molecule has 0 aliphatic carbocycles. The fourth-order valence-corrected chi connectivity index (χ4v) is 2.73. The molecule has 1 fully saturated rings. The first-order valence-electron chi connectivity index (χ1n) is 6.13. The van der Waals surface area contributed by atoms with Crippen molar-refractivity contribution in [3.8, 4) is 0 Å². The van der Waals surface area contributed by atoms with Gasteiger partial charge >= 0.3 is 11.9 Å². The number of ether oxygens (including phenoxy) is 2. The van der Waals surface area contributed by atoms with Crippen molar-refractivity contribution in [1.82, 2.24) is 4.98 Å². The number of thiazole rings is 1. The summed E-state index contributed by atoms with van der Waals surface area (Å²) < 4.78 is 10.8. The first-order valence-corrected chi connectivity index (χ1v) is 6.95. The zero-order valence-corrected chi connectivity index (χ0v) is 11.3. The normalized spacial score (nSPS) is 18.6. The van der Waals surface area contributed by atoms with Crippen molar-refractivity contribution < 1.29 is 19.1 Å². The van der Waals surface area contributed by atoms with Crippen LogP contribution in [0.5, 0.6) is 0 Å². The number of hydrogen-bond donors (Lipinski definition) is 0. The molecule has 1 atom stereocenters. The lowest BCUT2D eigenvalue weighted by Gasteiger charge is -2.04. The van der Waals surface area contributed by atoms with Gasteiger partial charge in [-0.3, -0.25) is 0 Å². The van der Waals surface area contributed by atoms with Gasteiger partial charge in [0.25, 0.3) is 0 Å². The Bertz CT molecular complexity index is 658. The Balaban J connectivity index is 1.67. The highest BCUT2D eigenvalue weighted by atomic mass is 32.1. The molecule has 3 rings (SSSR count). The van der Waals surface area contributed by atoms with Crippen LogP contribution in [0.1, 0.15) is 11.4 Å². The summed E-state index contributed by atoms with van der Waals surface area (Å²) in [6, 6.07) is 7.73. The average Bonchev–Trinajstić information content (AvgIpc) is 3.03. The topological polar surface area (TPSA) is 65.5 Å². The minimum atomic E-state index is -0.775. The number of carbonyl (C=O) groups is 2. The second-order valence-corrected chi connectivity index (χ2v) is 5.30. The van der Waals surface area contributed by atoms with Crippen LogP contribution < -0.4 is 0 Å². The lowest BCUT2D eigenvalue weighted by atomic mass is 10.3. The number of aromatic nitrogens is 1. The Hall–Kier alpha value is -2.21. The maximum atomic E-state index is 11.6. The molecule has 0 amide bonds. The monoisotopic (exact) mass is 289 g/mol. The molecule has 102 valence electrons. The van der Waals surface area contributed by atoms with E-state index in [0.29, 0.717) is 13.0 Å². The standard InChI is InChI=1S/C14H11NO4S/c16-13(19-10-7-8-18-14(10)17)6-5-12-15-9-3-1-2-4-11(9)20-12/h1-6,10H,7-8H2. The number of esters is 2. The Morgan fingerprint density at radius 1 is 1.45 bits per heavy atom.